The number of nitrogens with zero attached hydrogens (tertiary/aromatic N) is 1. The van der Waals surface area contributed by atoms with E-state index in [-0.39, 0.29) is 4.65 Å². The summed E-state index contributed by atoms with van der Waals surface area (Å²) in [6, 6.07) is 0. The quantitative estimate of drug-likeness (QED) is 0.454. The Bertz CT molecular complexity index is 126. The summed E-state index contributed by atoms with van der Waals surface area (Å²) >= 11 is 0. The van der Waals surface area contributed by atoms with Crippen molar-refractivity contribution in [2.75, 3.05) is 33.4 Å². The number of ether oxygens (including phenoxy) is 1. The van der Waals surface area contributed by atoms with Crippen molar-refractivity contribution in [3.8, 4) is 0 Å². The number of hydrogen-bond acceptors (Lipinski definition) is 3. The highest BCUT2D eigenvalue weighted by Crippen LogP contribution is 2.02. The lowest BCUT2D eigenvalue weighted by Gasteiger charge is -2.41. The molecule has 0 spiro atoms. The van der Waals surface area contributed by atoms with Crippen molar-refractivity contribution in [3.63, 3.8) is 0 Å². The molecule has 1 aliphatic rings. The smallest absolute Gasteiger partial charge is 0.102 e. The first-order valence-corrected chi connectivity index (χ1v) is 4.56. The lowest BCUT2D eigenvalue weighted by molar-refractivity contribution is -0.869. The summed E-state index contributed by atoms with van der Waals surface area (Å²) in [7, 11) is 1.68. The highest BCUT2D eigenvalue weighted by molar-refractivity contribution is 4.50. The van der Waals surface area contributed by atoms with Crippen molar-refractivity contribution >= 4 is 0 Å². The molecule has 1 rings (SSSR count). The van der Waals surface area contributed by atoms with Crippen LogP contribution in [0, 0.1) is 5.21 Å². The van der Waals surface area contributed by atoms with Gasteiger partial charge in [-0.05, 0) is 20.8 Å². The first-order valence-electron chi connectivity index (χ1n) is 4.56. The van der Waals surface area contributed by atoms with Gasteiger partial charge in [0.1, 0.15) is 13.1 Å². The molecule has 0 saturated carbocycles. The number of hydroxylamine groups is 3. The SMILES string of the molecule is CC(C)(C)O.C[N+]1([O-])CCOCC1. The van der Waals surface area contributed by atoms with Crippen LogP contribution in [0.2, 0.25) is 0 Å². The number of rotatable bonds is 0. The van der Waals surface area contributed by atoms with Crippen molar-refractivity contribution < 1.29 is 14.5 Å². The van der Waals surface area contributed by atoms with E-state index in [1.54, 1.807) is 27.8 Å². The fraction of sp³-hybridized carbons (Fsp3) is 1.00. The van der Waals surface area contributed by atoms with Crippen molar-refractivity contribution in [2.24, 2.45) is 0 Å². The van der Waals surface area contributed by atoms with Gasteiger partial charge in [-0.2, -0.15) is 0 Å². The normalized spacial score (nSPS) is 21.7. The molecule has 4 nitrogen and oxygen atoms in total. The summed E-state index contributed by atoms with van der Waals surface area (Å²) in [5.41, 5.74) is -0.500. The third-order valence-corrected chi connectivity index (χ3v) is 1.42. The minimum absolute atomic E-state index is 0.125. The molecular weight excluding hydrogens is 170 g/mol. The van der Waals surface area contributed by atoms with Crippen LogP contribution in [0.25, 0.3) is 0 Å². The van der Waals surface area contributed by atoms with Gasteiger partial charge in [0.2, 0.25) is 0 Å². The van der Waals surface area contributed by atoms with E-state index >= 15 is 0 Å². The maximum absolute atomic E-state index is 11.0. The fourth-order valence-corrected chi connectivity index (χ4v) is 0.729. The number of morpholine rings is 1. The number of likely N-dealkylation sites (N-methyl/N-ethyl adjacent to an activating group) is 1. The third kappa shape index (κ3) is 11.8. The molecule has 0 aromatic rings. The average Bonchev–Trinajstić information content (AvgIpc) is 1.82. The van der Waals surface area contributed by atoms with Crippen molar-refractivity contribution in [1.29, 1.82) is 0 Å². The van der Waals surface area contributed by atoms with Crippen LogP contribution in [-0.4, -0.2) is 48.7 Å². The molecule has 0 bridgehead atoms. The van der Waals surface area contributed by atoms with Crippen LogP contribution in [0.1, 0.15) is 20.8 Å². The van der Waals surface area contributed by atoms with Gasteiger partial charge in [-0.1, -0.05) is 0 Å². The van der Waals surface area contributed by atoms with E-state index in [1.807, 2.05) is 0 Å². The fourth-order valence-electron chi connectivity index (χ4n) is 0.729. The number of quaternary nitrogens is 1. The molecule has 1 heterocycles. The van der Waals surface area contributed by atoms with Gasteiger partial charge < -0.3 is 19.7 Å². The standard InChI is InChI=1S/C5H11NO2.C4H10O/c1-6(7)2-4-8-5-3-6;1-4(2,3)5/h2-5H2,1H3;5H,1-3H3. The van der Waals surface area contributed by atoms with Gasteiger partial charge in [0.15, 0.2) is 0 Å². The molecule has 1 saturated heterocycles. The molecule has 0 unspecified atom stereocenters. The van der Waals surface area contributed by atoms with Crippen molar-refractivity contribution in [3.05, 3.63) is 5.21 Å². The Balaban J connectivity index is 0.000000252. The van der Waals surface area contributed by atoms with Crippen LogP contribution >= 0.6 is 0 Å². The van der Waals surface area contributed by atoms with Crippen LogP contribution in [0.4, 0.5) is 0 Å². The van der Waals surface area contributed by atoms with Gasteiger partial charge >= 0.3 is 0 Å². The molecule has 0 radical (unpaired) electrons. The zero-order chi connectivity index (χ0) is 10.5. The highest BCUT2D eigenvalue weighted by Gasteiger charge is 2.13. The van der Waals surface area contributed by atoms with E-state index in [2.05, 4.69) is 0 Å². The maximum atomic E-state index is 11.0. The van der Waals surface area contributed by atoms with E-state index in [9.17, 15) is 5.21 Å². The van der Waals surface area contributed by atoms with Gasteiger partial charge in [-0.15, -0.1) is 0 Å². The maximum Gasteiger partial charge on any atom is 0.102 e. The van der Waals surface area contributed by atoms with Gasteiger partial charge in [-0.25, -0.2) is 0 Å². The van der Waals surface area contributed by atoms with Crippen molar-refractivity contribution in [2.45, 2.75) is 26.4 Å². The first-order chi connectivity index (χ1) is 5.71. The van der Waals surface area contributed by atoms with E-state index in [0.717, 1.165) is 0 Å². The molecule has 0 aromatic carbocycles. The summed E-state index contributed by atoms with van der Waals surface area (Å²) in [6.07, 6.45) is 0. The molecule has 0 atom stereocenters. The molecule has 1 fully saturated rings. The molecule has 1 aliphatic heterocycles. The molecule has 1 N–H and O–H groups in total. The second kappa shape index (κ2) is 4.91. The lowest BCUT2D eigenvalue weighted by Crippen LogP contribution is -2.46. The second-order valence-corrected chi connectivity index (χ2v) is 4.53. The summed E-state index contributed by atoms with van der Waals surface area (Å²) < 4.78 is 4.86. The topological polar surface area (TPSA) is 52.5 Å². The summed E-state index contributed by atoms with van der Waals surface area (Å²) in [5, 5.41) is 19.5. The van der Waals surface area contributed by atoms with Crippen LogP contribution in [-0.2, 0) is 4.74 Å². The average molecular weight is 191 g/mol. The Morgan fingerprint density at radius 2 is 1.54 bits per heavy atom. The van der Waals surface area contributed by atoms with E-state index in [1.165, 1.54) is 0 Å². The highest BCUT2D eigenvalue weighted by atomic mass is 16.6. The second-order valence-electron chi connectivity index (χ2n) is 4.53. The molecule has 0 aromatic heterocycles. The van der Waals surface area contributed by atoms with E-state index in [4.69, 9.17) is 9.84 Å². The van der Waals surface area contributed by atoms with Gasteiger partial charge in [0.25, 0.3) is 0 Å². The molecule has 0 amide bonds. The molecule has 80 valence electrons. The van der Waals surface area contributed by atoms with Crippen molar-refractivity contribution in [1.82, 2.24) is 0 Å². The first kappa shape index (κ1) is 12.8. The Hall–Kier alpha value is -0.160. The zero-order valence-electron chi connectivity index (χ0n) is 9.04. The Morgan fingerprint density at radius 1 is 1.23 bits per heavy atom. The molecule has 0 aliphatic carbocycles. The number of aliphatic hydroxyl groups is 1. The van der Waals surface area contributed by atoms with Gasteiger partial charge in [0, 0.05) is 0 Å². The van der Waals surface area contributed by atoms with Gasteiger partial charge in [-0.3, -0.25) is 0 Å². The zero-order valence-corrected chi connectivity index (χ0v) is 9.04. The third-order valence-electron chi connectivity index (χ3n) is 1.42. The summed E-state index contributed by atoms with van der Waals surface area (Å²) in [4.78, 5) is 0. The minimum Gasteiger partial charge on any atom is -0.633 e. The molecule has 13 heavy (non-hydrogen) atoms. The minimum atomic E-state index is -0.500. The van der Waals surface area contributed by atoms with Crippen LogP contribution in [0.15, 0.2) is 0 Å². The largest absolute Gasteiger partial charge is 0.633 e. The monoisotopic (exact) mass is 191 g/mol. The lowest BCUT2D eigenvalue weighted by atomic mass is 10.2. The van der Waals surface area contributed by atoms with E-state index in [0.29, 0.717) is 26.3 Å². The predicted molar refractivity (Wildman–Crippen MR) is 52.1 cm³/mol. The Morgan fingerprint density at radius 3 is 1.69 bits per heavy atom. The molecule has 4 heteroatoms. The predicted octanol–water partition coefficient (Wildman–Crippen LogP) is 0.738. The van der Waals surface area contributed by atoms with Crippen LogP contribution in [0.5, 0.6) is 0 Å². The molecular formula is C9H21NO3. The summed E-state index contributed by atoms with van der Waals surface area (Å²) in [5.74, 6) is 0. The van der Waals surface area contributed by atoms with Crippen LogP contribution in [0.3, 0.4) is 0 Å². The van der Waals surface area contributed by atoms with Crippen LogP contribution < -0.4 is 0 Å². The number of hydrogen-bond donors (Lipinski definition) is 1. The Labute approximate surface area is 80.3 Å². The Kier molecular flexibility index (Phi) is 4.85. The summed E-state index contributed by atoms with van der Waals surface area (Å²) in [6.45, 7) is 7.70. The van der Waals surface area contributed by atoms with Gasteiger partial charge in [0.05, 0.1) is 25.9 Å². The van der Waals surface area contributed by atoms with E-state index < -0.39 is 5.60 Å².